The van der Waals surface area contributed by atoms with Gasteiger partial charge >= 0.3 is 5.97 Å². The highest BCUT2D eigenvalue weighted by atomic mass is 16.5. The third-order valence-electron chi connectivity index (χ3n) is 6.01. The van der Waals surface area contributed by atoms with Gasteiger partial charge in [0.15, 0.2) is 0 Å². The molecule has 1 heterocycles. The molecule has 138 valence electrons. The highest BCUT2D eigenvalue weighted by Crippen LogP contribution is 2.59. The van der Waals surface area contributed by atoms with E-state index in [4.69, 9.17) is 9.47 Å². The first-order chi connectivity index (χ1) is 11.8. The molecule has 0 unspecified atom stereocenters. The predicted octanol–water partition coefficient (Wildman–Crippen LogP) is 2.44. The summed E-state index contributed by atoms with van der Waals surface area (Å²) in [4.78, 5) is 12.4. The van der Waals surface area contributed by atoms with Crippen LogP contribution in [0.3, 0.4) is 0 Å². The minimum Gasteiger partial charge on any atom is -0.465 e. The van der Waals surface area contributed by atoms with Crippen molar-refractivity contribution in [1.82, 2.24) is 0 Å². The Bertz CT molecular complexity index is 608. The summed E-state index contributed by atoms with van der Waals surface area (Å²) in [7, 11) is 0. The summed E-state index contributed by atoms with van der Waals surface area (Å²) >= 11 is 0. The Morgan fingerprint density at radius 2 is 2.00 bits per heavy atom. The fraction of sp³-hybridized carbons (Fsp3) is 0.650. The lowest BCUT2D eigenvalue weighted by Gasteiger charge is -2.44. The van der Waals surface area contributed by atoms with Gasteiger partial charge in [-0.1, -0.05) is 30.3 Å². The van der Waals surface area contributed by atoms with Gasteiger partial charge in [-0.2, -0.15) is 0 Å². The molecule has 1 saturated heterocycles. The second kappa shape index (κ2) is 6.71. The summed E-state index contributed by atoms with van der Waals surface area (Å²) in [5.41, 5.74) is -2.22. The van der Waals surface area contributed by atoms with Crippen LogP contribution in [0.15, 0.2) is 30.3 Å². The van der Waals surface area contributed by atoms with E-state index in [0.29, 0.717) is 45.5 Å². The van der Waals surface area contributed by atoms with Gasteiger partial charge in [0, 0.05) is 25.4 Å². The molecule has 0 amide bonds. The molecule has 1 aliphatic heterocycles. The van der Waals surface area contributed by atoms with Crippen molar-refractivity contribution in [3.05, 3.63) is 35.9 Å². The minimum absolute atomic E-state index is 0.309. The first-order valence-corrected chi connectivity index (χ1v) is 9.03. The van der Waals surface area contributed by atoms with E-state index in [0.717, 1.165) is 5.56 Å². The zero-order chi connectivity index (χ0) is 18.1. The van der Waals surface area contributed by atoms with Gasteiger partial charge < -0.3 is 19.7 Å². The third-order valence-corrected chi connectivity index (χ3v) is 6.01. The lowest BCUT2D eigenvalue weighted by Crippen LogP contribution is -2.56. The lowest BCUT2D eigenvalue weighted by molar-refractivity contribution is -0.176. The molecule has 1 aromatic rings. The number of esters is 1. The Morgan fingerprint density at radius 3 is 2.60 bits per heavy atom. The average molecular weight is 348 g/mol. The average Bonchev–Trinajstić information content (AvgIpc) is 3.08. The summed E-state index contributed by atoms with van der Waals surface area (Å²) in [6.07, 6.45) is 1.97. The Labute approximate surface area is 149 Å². The number of carbonyl (C=O) groups is 1. The van der Waals surface area contributed by atoms with E-state index in [2.05, 4.69) is 0 Å². The fourth-order valence-electron chi connectivity index (χ4n) is 4.70. The van der Waals surface area contributed by atoms with Crippen LogP contribution in [0.5, 0.6) is 0 Å². The van der Waals surface area contributed by atoms with Crippen molar-refractivity contribution in [2.75, 3.05) is 13.2 Å². The standard InChI is InChI=1S/C20H28O5/c1-18(2,22)16-8-9-19(10-13-25-17(19)21)20(16,23)11-12-24-14-15-6-4-3-5-7-15/h3-7,16,22-23H,8-14H2,1-2H3/t16-,19+,20-/m0/s1. The molecular formula is C20H28O5. The fourth-order valence-corrected chi connectivity index (χ4v) is 4.70. The van der Waals surface area contributed by atoms with Gasteiger partial charge in [-0.15, -0.1) is 0 Å². The van der Waals surface area contributed by atoms with E-state index < -0.39 is 16.6 Å². The van der Waals surface area contributed by atoms with E-state index in [-0.39, 0.29) is 11.9 Å². The van der Waals surface area contributed by atoms with Crippen molar-refractivity contribution >= 4 is 5.97 Å². The molecule has 1 aliphatic carbocycles. The first-order valence-electron chi connectivity index (χ1n) is 9.03. The van der Waals surface area contributed by atoms with Crippen LogP contribution in [0.4, 0.5) is 0 Å². The van der Waals surface area contributed by atoms with Crippen LogP contribution in [0.1, 0.15) is 45.1 Å². The van der Waals surface area contributed by atoms with Crippen LogP contribution < -0.4 is 0 Å². The maximum absolute atomic E-state index is 12.4. The zero-order valence-corrected chi connectivity index (χ0v) is 15.0. The van der Waals surface area contributed by atoms with Crippen molar-refractivity contribution in [3.8, 4) is 0 Å². The van der Waals surface area contributed by atoms with Gasteiger partial charge in [-0.05, 0) is 32.3 Å². The SMILES string of the molecule is CC(C)(O)[C@@H]1CC[C@]2(CCOC2=O)[C@]1(O)CCOCc1ccccc1. The lowest BCUT2D eigenvalue weighted by atomic mass is 9.65. The Hall–Kier alpha value is -1.43. The number of cyclic esters (lactones) is 1. The van der Waals surface area contributed by atoms with Crippen molar-refractivity contribution in [1.29, 1.82) is 0 Å². The maximum Gasteiger partial charge on any atom is 0.315 e. The molecule has 2 fully saturated rings. The summed E-state index contributed by atoms with van der Waals surface area (Å²) in [6, 6.07) is 9.84. The molecule has 5 nitrogen and oxygen atoms in total. The van der Waals surface area contributed by atoms with Gasteiger partial charge in [-0.25, -0.2) is 0 Å². The van der Waals surface area contributed by atoms with Gasteiger partial charge in [0.1, 0.15) is 5.41 Å². The van der Waals surface area contributed by atoms with Crippen molar-refractivity contribution in [2.45, 2.75) is 57.3 Å². The number of benzene rings is 1. The van der Waals surface area contributed by atoms with Crippen molar-refractivity contribution < 1.29 is 24.5 Å². The van der Waals surface area contributed by atoms with E-state index in [1.165, 1.54) is 0 Å². The van der Waals surface area contributed by atoms with E-state index in [1.807, 2.05) is 30.3 Å². The highest BCUT2D eigenvalue weighted by molar-refractivity contribution is 5.81. The Balaban J connectivity index is 1.72. The largest absolute Gasteiger partial charge is 0.465 e. The molecule has 2 N–H and O–H groups in total. The summed E-state index contributed by atoms with van der Waals surface area (Å²) < 4.78 is 11.0. The Morgan fingerprint density at radius 1 is 1.28 bits per heavy atom. The number of ether oxygens (including phenoxy) is 2. The normalized spacial score (nSPS) is 32.3. The van der Waals surface area contributed by atoms with E-state index >= 15 is 0 Å². The molecular weight excluding hydrogens is 320 g/mol. The second-order valence-electron chi connectivity index (χ2n) is 7.93. The number of hydrogen-bond donors (Lipinski definition) is 2. The molecule has 1 aromatic carbocycles. The minimum atomic E-state index is -1.31. The number of carbonyl (C=O) groups excluding carboxylic acids is 1. The van der Waals surface area contributed by atoms with Crippen LogP contribution in [0.2, 0.25) is 0 Å². The molecule has 0 radical (unpaired) electrons. The van der Waals surface area contributed by atoms with Gasteiger partial charge in [-0.3, -0.25) is 4.79 Å². The highest BCUT2D eigenvalue weighted by Gasteiger charge is 2.68. The topological polar surface area (TPSA) is 76.0 Å². The monoisotopic (exact) mass is 348 g/mol. The first kappa shape index (κ1) is 18.4. The number of hydrogen-bond acceptors (Lipinski definition) is 5. The number of rotatable bonds is 6. The van der Waals surface area contributed by atoms with Crippen molar-refractivity contribution in [2.24, 2.45) is 11.3 Å². The smallest absolute Gasteiger partial charge is 0.315 e. The second-order valence-corrected chi connectivity index (χ2v) is 7.93. The van der Waals surface area contributed by atoms with Gasteiger partial charge in [0.2, 0.25) is 0 Å². The molecule has 1 saturated carbocycles. The van der Waals surface area contributed by atoms with E-state index in [9.17, 15) is 15.0 Å². The summed E-state index contributed by atoms with van der Waals surface area (Å²) in [6.45, 7) is 4.53. The molecule has 3 rings (SSSR count). The van der Waals surface area contributed by atoms with Crippen LogP contribution in [0, 0.1) is 11.3 Å². The predicted molar refractivity (Wildman–Crippen MR) is 92.7 cm³/mol. The molecule has 25 heavy (non-hydrogen) atoms. The van der Waals surface area contributed by atoms with Crippen molar-refractivity contribution in [3.63, 3.8) is 0 Å². The molecule has 0 bridgehead atoms. The quantitative estimate of drug-likeness (QED) is 0.610. The molecule has 3 atom stereocenters. The summed E-state index contributed by atoms with van der Waals surface area (Å²) in [5, 5.41) is 22.1. The molecule has 2 aliphatic rings. The maximum atomic E-state index is 12.4. The molecule has 0 aromatic heterocycles. The van der Waals surface area contributed by atoms with Crippen LogP contribution in [-0.4, -0.2) is 40.6 Å². The van der Waals surface area contributed by atoms with Crippen LogP contribution >= 0.6 is 0 Å². The molecule has 1 spiro atoms. The van der Waals surface area contributed by atoms with Crippen LogP contribution in [0.25, 0.3) is 0 Å². The molecule has 5 heteroatoms. The van der Waals surface area contributed by atoms with Crippen LogP contribution in [-0.2, 0) is 20.9 Å². The zero-order valence-electron chi connectivity index (χ0n) is 15.0. The van der Waals surface area contributed by atoms with Gasteiger partial charge in [0.25, 0.3) is 0 Å². The number of aliphatic hydroxyl groups is 2. The van der Waals surface area contributed by atoms with Gasteiger partial charge in [0.05, 0.1) is 24.4 Å². The summed E-state index contributed by atoms with van der Waals surface area (Å²) in [5.74, 6) is -0.712. The third kappa shape index (κ3) is 3.21. The van der Waals surface area contributed by atoms with E-state index in [1.54, 1.807) is 13.8 Å². The Kier molecular flexibility index (Phi) is 4.93.